The monoisotopic (exact) mass is 272 g/mol. The number of aryl methyl sites for hydroxylation is 1. The molecule has 1 atom stereocenters. The number of methoxy groups -OCH3 is 1. The molecule has 3 rings (SSSR count). The predicted octanol–water partition coefficient (Wildman–Crippen LogP) is 2.04. The molecule has 4 heteroatoms. The van der Waals surface area contributed by atoms with Crippen molar-refractivity contribution in [3.63, 3.8) is 0 Å². The van der Waals surface area contributed by atoms with Crippen molar-refractivity contribution >= 4 is 16.8 Å². The zero-order valence-corrected chi connectivity index (χ0v) is 12.2. The van der Waals surface area contributed by atoms with Gasteiger partial charge in [0.2, 0.25) is 5.91 Å². The van der Waals surface area contributed by atoms with Gasteiger partial charge < -0.3 is 14.6 Å². The van der Waals surface area contributed by atoms with Crippen molar-refractivity contribution in [3.8, 4) is 5.75 Å². The van der Waals surface area contributed by atoms with Crippen molar-refractivity contribution in [2.75, 3.05) is 13.7 Å². The van der Waals surface area contributed by atoms with E-state index in [1.165, 1.54) is 22.2 Å². The summed E-state index contributed by atoms with van der Waals surface area (Å²) in [6, 6.07) is 6.15. The molecule has 1 N–H and O–H groups in total. The number of hydrogen-bond donors (Lipinski definition) is 1. The van der Waals surface area contributed by atoms with Crippen LogP contribution in [0, 0.1) is 5.92 Å². The number of carbonyl (C=O) groups is 1. The van der Waals surface area contributed by atoms with Crippen molar-refractivity contribution in [2.24, 2.45) is 13.0 Å². The van der Waals surface area contributed by atoms with Crippen LogP contribution in [-0.2, 0) is 24.7 Å². The van der Waals surface area contributed by atoms with E-state index >= 15 is 0 Å². The van der Waals surface area contributed by atoms with Crippen molar-refractivity contribution < 1.29 is 9.53 Å². The number of ether oxygens (including phenoxy) is 1. The van der Waals surface area contributed by atoms with E-state index in [9.17, 15) is 4.79 Å². The zero-order valence-electron chi connectivity index (χ0n) is 12.2. The van der Waals surface area contributed by atoms with Gasteiger partial charge in [0, 0.05) is 36.1 Å². The quantitative estimate of drug-likeness (QED) is 0.929. The van der Waals surface area contributed by atoms with Gasteiger partial charge in [0.1, 0.15) is 5.75 Å². The van der Waals surface area contributed by atoms with Crippen molar-refractivity contribution in [3.05, 3.63) is 29.5 Å². The van der Waals surface area contributed by atoms with Gasteiger partial charge in [-0.05, 0) is 43.5 Å². The first kappa shape index (κ1) is 13.0. The first-order chi connectivity index (χ1) is 9.65. The number of hydrogen-bond acceptors (Lipinski definition) is 2. The highest BCUT2D eigenvalue weighted by molar-refractivity contribution is 5.90. The standard InChI is InChI=1S/C16H20N2O2/c1-4-17-16(19)10-7-12-13-9-11(20-3)5-6-14(13)18(2)15(12)8-10/h5-6,9-10H,4,7-8H2,1-3H3,(H,17,19). The molecule has 0 aliphatic heterocycles. The third-order valence-electron chi connectivity index (χ3n) is 4.26. The van der Waals surface area contributed by atoms with Gasteiger partial charge >= 0.3 is 0 Å². The van der Waals surface area contributed by atoms with Gasteiger partial charge in [-0.15, -0.1) is 0 Å². The third kappa shape index (κ3) is 1.87. The maximum atomic E-state index is 12.0. The van der Waals surface area contributed by atoms with Gasteiger partial charge in [-0.2, -0.15) is 0 Å². The number of nitrogens with zero attached hydrogens (tertiary/aromatic N) is 1. The van der Waals surface area contributed by atoms with Gasteiger partial charge in [0.25, 0.3) is 0 Å². The van der Waals surface area contributed by atoms with Gasteiger partial charge in [-0.1, -0.05) is 0 Å². The van der Waals surface area contributed by atoms with Crippen LogP contribution in [0.4, 0.5) is 0 Å². The second kappa shape index (κ2) is 4.85. The molecule has 1 amide bonds. The first-order valence-electron chi connectivity index (χ1n) is 7.07. The largest absolute Gasteiger partial charge is 0.497 e. The van der Waals surface area contributed by atoms with E-state index in [1.807, 2.05) is 13.0 Å². The van der Waals surface area contributed by atoms with Gasteiger partial charge in [0.15, 0.2) is 0 Å². The smallest absolute Gasteiger partial charge is 0.223 e. The topological polar surface area (TPSA) is 43.3 Å². The van der Waals surface area contributed by atoms with Crippen LogP contribution in [0.1, 0.15) is 18.2 Å². The highest BCUT2D eigenvalue weighted by Gasteiger charge is 2.31. The molecule has 0 saturated carbocycles. The molecule has 106 valence electrons. The molecule has 1 aliphatic rings. The molecule has 1 unspecified atom stereocenters. The van der Waals surface area contributed by atoms with Gasteiger partial charge in [0.05, 0.1) is 7.11 Å². The van der Waals surface area contributed by atoms with E-state index < -0.39 is 0 Å². The fraction of sp³-hybridized carbons (Fsp3) is 0.438. The Hall–Kier alpha value is -1.97. The Balaban J connectivity index is 2.01. The average molecular weight is 272 g/mol. The van der Waals surface area contributed by atoms with Crippen LogP contribution in [0.15, 0.2) is 18.2 Å². The average Bonchev–Trinajstić information content (AvgIpc) is 3.00. The molecular weight excluding hydrogens is 252 g/mol. The van der Waals surface area contributed by atoms with Crippen LogP contribution in [0.3, 0.4) is 0 Å². The number of benzene rings is 1. The maximum Gasteiger partial charge on any atom is 0.223 e. The summed E-state index contributed by atoms with van der Waals surface area (Å²) in [5, 5.41) is 4.15. The summed E-state index contributed by atoms with van der Waals surface area (Å²) in [5.74, 6) is 1.11. The highest BCUT2D eigenvalue weighted by Crippen LogP contribution is 2.36. The Morgan fingerprint density at radius 1 is 1.45 bits per heavy atom. The fourth-order valence-corrected chi connectivity index (χ4v) is 3.22. The lowest BCUT2D eigenvalue weighted by molar-refractivity contribution is -0.124. The number of rotatable bonds is 3. The molecule has 0 saturated heterocycles. The number of fused-ring (bicyclic) bond motifs is 3. The number of carbonyl (C=O) groups excluding carboxylic acids is 1. The van der Waals surface area contributed by atoms with Crippen LogP contribution < -0.4 is 10.1 Å². The Morgan fingerprint density at radius 2 is 2.25 bits per heavy atom. The van der Waals surface area contributed by atoms with E-state index in [0.29, 0.717) is 6.54 Å². The number of aromatic nitrogens is 1. The lowest BCUT2D eigenvalue weighted by atomic mass is 10.0. The molecule has 4 nitrogen and oxygen atoms in total. The Morgan fingerprint density at radius 3 is 2.95 bits per heavy atom. The summed E-state index contributed by atoms with van der Waals surface area (Å²) in [7, 11) is 3.76. The van der Waals surface area contributed by atoms with Crippen LogP contribution >= 0.6 is 0 Å². The molecule has 0 radical (unpaired) electrons. The molecule has 20 heavy (non-hydrogen) atoms. The molecule has 0 spiro atoms. The molecule has 0 fully saturated rings. The Kier molecular flexibility index (Phi) is 3.16. The van der Waals surface area contributed by atoms with Crippen LogP contribution in [0.5, 0.6) is 5.75 Å². The minimum atomic E-state index is 0.0711. The molecule has 1 heterocycles. The summed E-state index contributed by atoms with van der Waals surface area (Å²) in [6.45, 7) is 2.65. The second-order valence-corrected chi connectivity index (χ2v) is 5.37. The van der Waals surface area contributed by atoms with Gasteiger partial charge in [-0.3, -0.25) is 4.79 Å². The van der Waals surface area contributed by atoms with E-state index in [1.54, 1.807) is 7.11 Å². The zero-order chi connectivity index (χ0) is 14.3. The van der Waals surface area contributed by atoms with Crippen molar-refractivity contribution in [1.29, 1.82) is 0 Å². The minimum absolute atomic E-state index is 0.0711. The third-order valence-corrected chi connectivity index (χ3v) is 4.26. The molecule has 2 aromatic rings. The van der Waals surface area contributed by atoms with E-state index in [-0.39, 0.29) is 11.8 Å². The van der Waals surface area contributed by atoms with Gasteiger partial charge in [-0.25, -0.2) is 0 Å². The lowest BCUT2D eigenvalue weighted by Gasteiger charge is -2.10. The second-order valence-electron chi connectivity index (χ2n) is 5.37. The molecule has 1 aliphatic carbocycles. The highest BCUT2D eigenvalue weighted by atomic mass is 16.5. The summed E-state index contributed by atoms with van der Waals surface area (Å²) < 4.78 is 7.53. The summed E-state index contributed by atoms with van der Waals surface area (Å²) >= 11 is 0. The molecule has 1 aromatic carbocycles. The molecule has 0 bridgehead atoms. The summed E-state index contributed by atoms with van der Waals surface area (Å²) in [6.07, 6.45) is 1.65. The minimum Gasteiger partial charge on any atom is -0.497 e. The number of nitrogens with one attached hydrogen (secondary N) is 1. The van der Waals surface area contributed by atoms with E-state index in [4.69, 9.17) is 4.74 Å². The first-order valence-corrected chi connectivity index (χ1v) is 7.07. The fourth-order valence-electron chi connectivity index (χ4n) is 3.22. The van der Waals surface area contributed by atoms with Crippen LogP contribution in [-0.4, -0.2) is 24.1 Å². The van der Waals surface area contributed by atoms with E-state index in [0.717, 1.165) is 18.6 Å². The molecule has 1 aromatic heterocycles. The van der Waals surface area contributed by atoms with Crippen LogP contribution in [0.2, 0.25) is 0 Å². The van der Waals surface area contributed by atoms with E-state index in [2.05, 4.69) is 29.1 Å². The number of amides is 1. The lowest BCUT2D eigenvalue weighted by Crippen LogP contribution is -2.31. The molecular formula is C16H20N2O2. The predicted molar refractivity (Wildman–Crippen MR) is 79.1 cm³/mol. The van der Waals surface area contributed by atoms with Crippen molar-refractivity contribution in [1.82, 2.24) is 9.88 Å². The maximum absolute atomic E-state index is 12.0. The van der Waals surface area contributed by atoms with Crippen molar-refractivity contribution in [2.45, 2.75) is 19.8 Å². The SMILES string of the molecule is CCNC(=O)C1Cc2c(n(C)c3ccc(OC)cc23)C1. The summed E-state index contributed by atoms with van der Waals surface area (Å²) in [4.78, 5) is 12.0. The normalized spacial score (nSPS) is 17.2. The van der Waals surface area contributed by atoms with Crippen LogP contribution in [0.25, 0.3) is 10.9 Å². The Labute approximate surface area is 118 Å². The Bertz CT molecular complexity index is 673. The summed E-state index contributed by atoms with van der Waals surface area (Å²) in [5.41, 5.74) is 3.80.